The third-order valence-electron chi connectivity index (χ3n) is 5.00. The molecule has 0 radical (unpaired) electrons. The van der Waals surface area contributed by atoms with Crippen molar-refractivity contribution in [2.45, 2.75) is 0 Å². The topological polar surface area (TPSA) is 95.1 Å². The molecule has 2 heterocycles. The quantitative estimate of drug-likeness (QED) is 0.329. The van der Waals surface area contributed by atoms with Gasteiger partial charge in [-0.15, -0.1) is 0 Å². The number of halogens is 4. The lowest BCUT2D eigenvalue weighted by Gasteiger charge is -2.44. The molecule has 2 N–H and O–H groups in total. The molecule has 8 nitrogen and oxygen atoms in total. The Labute approximate surface area is 231 Å². The maximum absolute atomic E-state index is 12.8. The molecule has 2 saturated heterocycles. The lowest BCUT2D eigenvalue weighted by Crippen LogP contribution is -2.46. The maximum atomic E-state index is 12.8. The molecular weight excluding hydrogens is 620 g/mol. The molecule has 35 heavy (non-hydrogen) atoms. The van der Waals surface area contributed by atoms with Crippen molar-refractivity contribution < 1.29 is 27.7 Å². The molecule has 1 spiro atoms. The zero-order chi connectivity index (χ0) is 25.4. The first-order chi connectivity index (χ1) is 16.4. The van der Waals surface area contributed by atoms with E-state index in [1.54, 1.807) is 24.3 Å². The molecule has 2 aliphatic rings. The Balaban J connectivity index is 1.36. The summed E-state index contributed by atoms with van der Waals surface area (Å²) < 4.78 is 22.9. The summed E-state index contributed by atoms with van der Waals surface area (Å²) in [5.74, 6) is 0. The van der Waals surface area contributed by atoms with Crippen LogP contribution in [0.1, 0.15) is 0 Å². The van der Waals surface area contributed by atoms with Gasteiger partial charge in [0.05, 0.1) is 53.3 Å². The monoisotopic (exact) mass is 634 g/mol. The highest BCUT2D eigenvalue weighted by molar-refractivity contribution is 8.18. The van der Waals surface area contributed by atoms with Gasteiger partial charge >= 0.3 is 11.3 Å². The molecule has 0 aliphatic carbocycles. The summed E-state index contributed by atoms with van der Waals surface area (Å²) in [4.78, 5) is 25.6. The fourth-order valence-corrected chi connectivity index (χ4v) is 7.49. The van der Waals surface area contributed by atoms with Crippen LogP contribution in [0.2, 0.25) is 20.1 Å². The zero-order valence-electron chi connectivity index (χ0n) is 17.5. The molecule has 2 fully saturated rings. The third-order valence-corrected chi connectivity index (χ3v) is 11.5. The molecule has 2 amide bonds. The highest BCUT2D eigenvalue weighted by atomic mass is 35.5. The minimum absolute atomic E-state index is 0.0120. The van der Waals surface area contributed by atoms with Crippen LogP contribution in [0.5, 0.6) is 0 Å². The summed E-state index contributed by atoms with van der Waals surface area (Å²) in [6.07, 6.45) is 0. The maximum Gasteiger partial charge on any atom is 0.309 e. The number of carbonyl (C=O) groups is 2. The highest BCUT2D eigenvalue weighted by Gasteiger charge is 2.49. The SMILES string of the molecule is O=C(Nc1cc(Cl)ccc1Cl)P1(=S)OCC2(CO1)COP(=S)(C(=O)Nc1cc(Cl)ccc1Cl)OC2. The number of amides is 2. The van der Waals surface area contributed by atoms with E-state index in [1.165, 1.54) is 12.1 Å². The Morgan fingerprint density at radius 2 is 1.06 bits per heavy atom. The minimum Gasteiger partial charge on any atom is -0.322 e. The zero-order valence-corrected chi connectivity index (χ0v) is 23.9. The van der Waals surface area contributed by atoms with Gasteiger partial charge in [-0.1, -0.05) is 46.4 Å². The van der Waals surface area contributed by atoms with Crippen molar-refractivity contribution in [1.29, 1.82) is 0 Å². The third kappa shape index (κ3) is 6.23. The van der Waals surface area contributed by atoms with Gasteiger partial charge in [-0.05, 0) is 60.0 Å². The van der Waals surface area contributed by atoms with Crippen LogP contribution in [0.4, 0.5) is 21.0 Å². The van der Waals surface area contributed by atoms with Gasteiger partial charge in [0.15, 0.2) is 0 Å². The average Bonchev–Trinajstić information content (AvgIpc) is 2.82. The Morgan fingerprint density at radius 1 is 0.714 bits per heavy atom. The van der Waals surface area contributed by atoms with Crippen LogP contribution >= 0.6 is 59.4 Å². The van der Waals surface area contributed by atoms with Crippen LogP contribution in [0.15, 0.2) is 36.4 Å². The summed E-state index contributed by atoms with van der Waals surface area (Å²) >= 11 is 34.9. The first kappa shape index (κ1) is 27.7. The van der Waals surface area contributed by atoms with Gasteiger partial charge in [-0.2, -0.15) is 0 Å². The van der Waals surface area contributed by atoms with Gasteiger partial charge in [0.1, 0.15) is 0 Å². The van der Waals surface area contributed by atoms with Crippen LogP contribution < -0.4 is 10.6 Å². The van der Waals surface area contributed by atoms with Gasteiger partial charge in [-0.25, -0.2) is 0 Å². The van der Waals surface area contributed by atoms with Crippen molar-refractivity contribution in [3.8, 4) is 0 Å². The Bertz CT molecular complexity index is 1170. The van der Waals surface area contributed by atoms with Gasteiger partial charge in [0, 0.05) is 10.0 Å². The van der Waals surface area contributed by atoms with Crippen molar-refractivity contribution in [2.24, 2.45) is 5.41 Å². The van der Waals surface area contributed by atoms with E-state index in [0.717, 1.165) is 0 Å². The summed E-state index contributed by atoms with van der Waals surface area (Å²) in [5, 5.41) is 6.56. The molecule has 0 aromatic heterocycles. The van der Waals surface area contributed by atoms with E-state index in [-0.39, 0.29) is 47.8 Å². The van der Waals surface area contributed by atoms with Crippen molar-refractivity contribution in [3.05, 3.63) is 56.5 Å². The minimum atomic E-state index is -3.36. The lowest BCUT2D eigenvalue weighted by atomic mass is 9.93. The average molecular weight is 636 g/mol. The van der Waals surface area contributed by atoms with E-state index in [9.17, 15) is 9.59 Å². The molecule has 2 aliphatic heterocycles. The van der Waals surface area contributed by atoms with E-state index in [4.69, 9.17) is 88.1 Å². The fraction of sp³-hybridized carbons (Fsp3) is 0.263. The molecule has 0 unspecified atom stereocenters. The van der Waals surface area contributed by atoms with Gasteiger partial charge in [0.2, 0.25) is 0 Å². The van der Waals surface area contributed by atoms with Crippen LogP contribution in [0.3, 0.4) is 0 Å². The number of benzene rings is 2. The number of anilines is 2. The first-order valence-corrected chi connectivity index (χ1v) is 16.5. The molecule has 2 aromatic rings. The van der Waals surface area contributed by atoms with Gasteiger partial charge < -0.3 is 28.7 Å². The Hall–Kier alpha value is -0.320. The number of carbonyl (C=O) groups excluding carboxylic acids is 2. The molecule has 2 aromatic carbocycles. The first-order valence-electron chi connectivity index (χ1n) is 9.75. The smallest absolute Gasteiger partial charge is 0.309 e. The lowest BCUT2D eigenvalue weighted by molar-refractivity contribution is -0.0514. The summed E-state index contributed by atoms with van der Waals surface area (Å²) in [6, 6.07) is 9.25. The summed E-state index contributed by atoms with van der Waals surface area (Å²) in [5.41, 5.74) is -1.47. The predicted octanol–water partition coefficient (Wildman–Crippen LogP) is 7.76. The number of hydrogen-bond donors (Lipinski definition) is 2. The molecule has 0 saturated carbocycles. The molecule has 16 heteroatoms. The molecular formula is C19H16Cl4N2O6P2S2. The van der Waals surface area contributed by atoms with Crippen LogP contribution in [0, 0.1) is 5.41 Å². The normalized spacial score (nSPS) is 28.5. The number of hydrogen-bond acceptors (Lipinski definition) is 8. The molecule has 4 rings (SSSR count). The molecule has 0 atom stereocenters. The number of nitrogens with one attached hydrogen (secondary N) is 2. The van der Waals surface area contributed by atoms with Crippen molar-refractivity contribution in [3.63, 3.8) is 0 Å². The van der Waals surface area contributed by atoms with E-state index >= 15 is 0 Å². The summed E-state index contributed by atoms with van der Waals surface area (Å²) in [6.45, 7) is -6.67. The van der Waals surface area contributed by atoms with Crippen molar-refractivity contribution >= 4 is 106 Å². The largest absolute Gasteiger partial charge is 0.322 e. The molecule has 0 bridgehead atoms. The van der Waals surface area contributed by atoms with Crippen LogP contribution in [0.25, 0.3) is 0 Å². The standard InChI is InChI=1S/C19H16Cl4N2O6P2S2/c20-11-1-3-13(22)15(5-11)24-17(26)32(34)28-7-19(8-29-32)9-30-33(35,31-10-19)18(27)25-16-6-12(21)2-4-14(16)23/h1-6H,7-10H2,(H,24,26)(H,25,27). The Kier molecular flexibility index (Phi) is 8.56. The predicted molar refractivity (Wildman–Crippen MR) is 146 cm³/mol. The van der Waals surface area contributed by atoms with Crippen LogP contribution in [-0.2, 0) is 41.7 Å². The second-order valence-electron chi connectivity index (χ2n) is 7.70. The van der Waals surface area contributed by atoms with E-state index in [2.05, 4.69) is 10.6 Å². The second kappa shape index (κ2) is 10.8. The number of rotatable bonds is 4. The van der Waals surface area contributed by atoms with Crippen LogP contribution in [-0.4, -0.2) is 37.7 Å². The van der Waals surface area contributed by atoms with E-state index in [0.29, 0.717) is 10.0 Å². The highest BCUT2D eigenvalue weighted by Crippen LogP contribution is 2.60. The van der Waals surface area contributed by atoms with Crippen molar-refractivity contribution in [1.82, 2.24) is 0 Å². The second-order valence-corrected chi connectivity index (χ2v) is 16.1. The van der Waals surface area contributed by atoms with Gasteiger partial charge in [-0.3, -0.25) is 9.59 Å². The van der Waals surface area contributed by atoms with Crippen molar-refractivity contribution in [2.75, 3.05) is 37.1 Å². The summed E-state index contributed by atoms with van der Waals surface area (Å²) in [7, 11) is 0. The van der Waals surface area contributed by atoms with Gasteiger partial charge in [0.25, 0.3) is 13.0 Å². The van der Waals surface area contributed by atoms with E-state index in [1.807, 2.05) is 0 Å². The molecule has 188 valence electrons. The van der Waals surface area contributed by atoms with E-state index < -0.39 is 29.7 Å². The fourth-order valence-electron chi connectivity index (χ4n) is 3.00. The Morgan fingerprint density at radius 3 is 1.40 bits per heavy atom.